The highest BCUT2D eigenvalue weighted by atomic mass is 35.5. The van der Waals surface area contributed by atoms with Crippen LogP contribution in [0.4, 0.5) is 0 Å². The van der Waals surface area contributed by atoms with Crippen LogP contribution < -0.4 is 11.1 Å². The standard InChI is InChI=1S/C17H27ClN2O/c1-13(12-14-6-4-5-7-15(14)18)20-16(21)8-9-17(2,3)10-11-19/h4-7,13H,8-12,19H2,1-3H3,(H,20,21). The van der Waals surface area contributed by atoms with Gasteiger partial charge in [0.25, 0.3) is 0 Å². The SMILES string of the molecule is CC(Cc1ccccc1Cl)NC(=O)CCC(C)(C)CCN. The molecule has 0 saturated heterocycles. The average molecular weight is 311 g/mol. The van der Waals surface area contributed by atoms with Gasteiger partial charge in [-0.3, -0.25) is 4.79 Å². The third kappa shape index (κ3) is 6.96. The molecule has 0 heterocycles. The summed E-state index contributed by atoms with van der Waals surface area (Å²) in [5.74, 6) is 0.0969. The van der Waals surface area contributed by atoms with Gasteiger partial charge in [0.05, 0.1) is 0 Å². The van der Waals surface area contributed by atoms with Gasteiger partial charge in [-0.15, -0.1) is 0 Å². The van der Waals surface area contributed by atoms with E-state index >= 15 is 0 Å². The summed E-state index contributed by atoms with van der Waals surface area (Å²) in [6.07, 6.45) is 3.09. The van der Waals surface area contributed by atoms with E-state index in [4.69, 9.17) is 17.3 Å². The fourth-order valence-corrected chi connectivity index (χ4v) is 2.57. The second-order valence-electron chi connectivity index (χ2n) is 6.47. The van der Waals surface area contributed by atoms with Gasteiger partial charge >= 0.3 is 0 Å². The molecule has 0 aliphatic carbocycles. The molecule has 0 spiro atoms. The summed E-state index contributed by atoms with van der Waals surface area (Å²) < 4.78 is 0. The summed E-state index contributed by atoms with van der Waals surface area (Å²) in [6, 6.07) is 7.82. The van der Waals surface area contributed by atoms with Crippen molar-refractivity contribution in [2.75, 3.05) is 6.54 Å². The molecule has 1 amide bonds. The van der Waals surface area contributed by atoms with E-state index < -0.39 is 0 Å². The summed E-state index contributed by atoms with van der Waals surface area (Å²) in [5, 5.41) is 3.79. The lowest BCUT2D eigenvalue weighted by atomic mass is 9.84. The first-order valence-corrected chi connectivity index (χ1v) is 7.95. The second kappa shape index (κ2) is 8.40. The number of amides is 1. The third-order valence-corrected chi connectivity index (χ3v) is 4.11. The molecule has 3 nitrogen and oxygen atoms in total. The van der Waals surface area contributed by atoms with Gasteiger partial charge in [-0.2, -0.15) is 0 Å². The largest absolute Gasteiger partial charge is 0.353 e. The van der Waals surface area contributed by atoms with Crippen molar-refractivity contribution in [1.82, 2.24) is 5.32 Å². The summed E-state index contributed by atoms with van der Waals surface area (Å²) in [4.78, 5) is 12.0. The van der Waals surface area contributed by atoms with E-state index in [9.17, 15) is 4.79 Å². The maximum atomic E-state index is 12.0. The Hall–Kier alpha value is -1.06. The molecule has 1 aromatic carbocycles. The number of carbonyl (C=O) groups is 1. The van der Waals surface area contributed by atoms with Crippen molar-refractivity contribution in [3.8, 4) is 0 Å². The first-order chi connectivity index (χ1) is 9.84. The van der Waals surface area contributed by atoms with E-state index in [1.165, 1.54) is 0 Å². The first-order valence-electron chi connectivity index (χ1n) is 7.57. The lowest BCUT2D eigenvalue weighted by Crippen LogP contribution is -2.34. The predicted octanol–water partition coefficient (Wildman–Crippen LogP) is 3.54. The van der Waals surface area contributed by atoms with E-state index in [0.717, 1.165) is 29.8 Å². The molecule has 0 saturated carbocycles. The number of benzene rings is 1. The van der Waals surface area contributed by atoms with Gasteiger partial charge in [-0.25, -0.2) is 0 Å². The van der Waals surface area contributed by atoms with Gasteiger partial charge in [0, 0.05) is 17.5 Å². The zero-order chi connectivity index (χ0) is 15.9. The van der Waals surface area contributed by atoms with E-state index in [2.05, 4.69) is 19.2 Å². The topological polar surface area (TPSA) is 55.1 Å². The van der Waals surface area contributed by atoms with Gasteiger partial charge in [-0.1, -0.05) is 43.6 Å². The Balaban J connectivity index is 2.39. The van der Waals surface area contributed by atoms with Crippen LogP contribution in [0.5, 0.6) is 0 Å². The summed E-state index contributed by atoms with van der Waals surface area (Å²) in [7, 11) is 0. The zero-order valence-electron chi connectivity index (χ0n) is 13.3. The van der Waals surface area contributed by atoms with E-state index in [0.29, 0.717) is 13.0 Å². The average Bonchev–Trinajstić information content (AvgIpc) is 2.39. The molecular weight excluding hydrogens is 284 g/mol. The predicted molar refractivity (Wildman–Crippen MR) is 89.4 cm³/mol. The van der Waals surface area contributed by atoms with Crippen LogP contribution in [-0.4, -0.2) is 18.5 Å². The molecule has 0 bridgehead atoms. The van der Waals surface area contributed by atoms with Crippen molar-refractivity contribution in [3.63, 3.8) is 0 Å². The minimum atomic E-state index is 0.0787. The van der Waals surface area contributed by atoms with Crippen LogP contribution in [0.2, 0.25) is 5.02 Å². The number of carbonyl (C=O) groups excluding carboxylic acids is 1. The molecule has 1 atom stereocenters. The Bertz CT molecular complexity index is 460. The number of nitrogens with one attached hydrogen (secondary N) is 1. The van der Waals surface area contributed by atoms with Crippen molar-refractivity contribution in [2.24, 2.45) is 11.1 Å². The van der Waals surface area contributed by atoms with E-state index in [1.807, 2.05) is 31.2 Å². The number of nitrogens with two attached hydrogens (primary N) is 1. The number of hydrogen-bond acceptors (Lipinski definition) is 2. The Kier molecular flexibility index (Phi) is 7.20. The highest BCUT2D eigenvalue weighted by Crippen LogP contribution is 2.25. The fraction of sp³-hybridized carbons (Fsp3) is 0.588. The van der Waals surface area contributed by atoms with E-state index in [1.54, 1.807) is 0 Å². The summed E-state index contributed by atoms with van der Waals surface area (Å²) in [6.45, 7) is 6.98. The van der Waals surface area contributed by atoms with Crippen LogP contribution in [-0.2, 0) is 11.2 Å². The minimum Gasteiger partial charge on any atom is -0.353 e. The molecule has 1 aromatic rings. The van der Waals surface area contributed by atoms with Crippen LogP contribution >= 0.6 is 11.6 Å². The molecule has 0 aliphatic rings. The molecule has 118 valence electrons. The molecular formula is C17H27ClN2O. The molecule has 3 N–H and O–H groups in total. The van der Waals surface area contributed by atoms with Gasteiger partial charge in [-0.05, 0) is 49.8 Å². The molecule has 21 heavy (non-hydrogen) atoms. The highest BCUT2D eigenvalue weighted by Gasteiger charge is 2.19. The lowest BCUT2D eigenvalue weighted by Gasteiger charge is -2.24. The Morgan fingerprint density at radius 1 is 1.33 bits per heavy atom. The van der Waals surface area contributed by atoms with Crippen molar-refractivity contribution in [2.45, 2.75) is 52.5 Å². The van der Waals surface area contributed by atoms with E-state index in [-0.39, 0.29) is 17.4 Å². The Labute approximate surface area is 133 Å². The Morgan fingerprint density at radius 3 is 2.62 bits per heavy atom. The lowest BCUT2D eigenvalue weighted by molar-refractivity contribution is -0.122. The third-order valence-electron chi connectivity index (χ3n) is 3.74. The quantitative estimate of drug-likeness (QED) is 0.771. The monoisotopic (exact) mass is 310 g/mol. The maximum Gasteiger partial charge on any atom is 0.220 e. The van der Waals surface area contributed by atoms with Crippen LogP contribution in [0.1, 0.15) is 45.6 Å². The van der Waals surface area contributed by atoms with Crippen LogP contribution in [0.15, 0.2) is 24.3 Å². The van der Waals surface area contributed by atoms with Crippen LogP contribution in [0.25, 0.3) is 0 Å². The first kappa shape index (κ1) is 18.0. The molecule has 4 heteroatoms. The van der Waals surface area contributed by atoms with Crippen LogP contribution in [0, 0.1) is 5.41 Å². The molecule has 0 aliphatic heterocycles. The highest BCUT2D eigenvalue weighted by molar-refractivity contribution is 6.31. The molecule has 1 rings (SSSR count). The normalized spacial score (nSPS) is 13.0. The van der Waals surface area contributed by atoms with Gasteiger partial charge in [0.1, 0.15) is 0 Å². The Morgan fingerprint density at radius 2 is 2.00 bits per heavy atom. The van der Waals surface area contributed by atoms with Gasteiger partial charge < -0.3 is 11.1 Å². The van der Waals surface area contributed by atoms with Crippen molar-refractivity contribution < 1.29 is 4.79 Å². The minimum absolute atomic E-state index is 0.0787. The number of rotatable bonds is 8. The van der Waals surface area contributed by atoms with Crippen molar-refractivity contribution in [1.29, 1.82) is 0 Å². The van der Waals surface area contributed by atoms with Crippen molar-refractivity contribution in [3.05, 3.63) is 34.9 Å². The smallest absolute Gasteiger partial charge is 0.220 e. The molecule has 1 unspecified atom stereocenters. The molecule has 0 aromatic heterocycles. The van der Waals surface area contributed by atoms with Gasteiger partial charge in [0.2, 0.25) is 5.91 Å². The number of halogens is 1. The summed E-state index contributed by atoms with van der Waals surface area (Å²) >= 11 is 6.14. The molecule has 0 radical (unpaired) electrons. The van der Waals surface area contributed by atoms with Crippen molar-refractivity contribution >= 4 is 17.5 Å². The zero-order valence-corrected chi connectivity index (χ0v) is 14.0. The van der Waals surface area contributed by atoms with Gasteiger partial charge in [0.15, 0.2) is 0 Å². The summed E-state index contributed by atoms with van der Waals surface area (Å²) in [5.41, 5.74) is 6.78. The second-order valence-corrected chi connectivity index (χ2v) is 6.87. The molecule has 0 fully saturated rings. The maximum absolute atomic E-state index is 12.0. The van der Waals surface area contributed by atoms with Crippen LogP contribution in [0.3, 0.4) is 0 Å². The number of hydrogen-bond donors (Lipinski definition) is 2. The fourth-order valence-electron chi connectivity index (χ4n) is 2.36.